The lowest BCUT2D eigenvalue weighted by Gasteiger charge is -2.08. The van der Waals surface area contributed by atoms with Crippen molar-refractivity contribution in [1.82, 2.24) is 9.78 Å². The lowest BCUT2D eigenvalue weighted by molar-refractivity contribution is -0.286. The van der Waals surface area contributed by atoms with Crippen molar-refractivity contribution in [3.05, 3.63) is 44.5 Å². The van der Waals surface area contributed by atoms with Crippen LogP contribution in [0, 0.1) is 12.7 Å². The molecule has 0 spiro atoms. The van der Waals surface area contributed by atoms with Crippen LogP contribution < -0.4 is 14.9 Å². The van der Waals surface area contributed by atoms with Gasteiger partial charge in [0.25, 0.3) is 0 Å². The number of hydrogen-bond donors (Lipinski definition) is 0. The van der Waals surface area contributed by atoms with Crippen molar-refractivity contribution >= 4 is 15.9 Å². The summed E-state index contributed by atoms with van der Waals surface area (Å²) < 4.78 is 49.3. The van der Waals surface area contributed by atoms with Crippen molar-refractivity contribution < 1.29 is 22.6 Å². The summed E-state index contributed by atoms with van der Waals surface area (Å²) in [5.41, 5.74) is -0.197. The van der Waals surface area contributed by atoms with Gasteiger partial charge in [-0.2, -0.15) is 5.10 Å². The minimum absolute atomic E-state index is 0.0232. The number of alkyl halides is 2. The molecular formula is C12H6BrF3N2O3. The highest BCUT2D eigenvalue weighted by Crippen LogP contribution is 2.42. The fraction of sp³-hybridized carbons (Fsp3) is 0.167. The first-order valence-electron chi connectivity index (χ1n) is 5.63. The van der Waals surface area contributed by atoms with Crippen LogP contribution in [-0.4, -0.2) is 16.1 Å². The van der Waals surface area contributed by atoms with Gasteiger partial charge in [-0.05, 0) is 22.9 Å². The Balaban J connectivity index is 2.15. The van der Waals surface area contributed by atoms with Gasteiger partial charge in [-0.3, -0.25) is 4.79 Å². The molecule has 1 aliphatic rings. The highest BCUT2D eigenvalue weighted by Gasteiger charge is 2.44. The molecule has 0 unspecified atom stereocenters. The lowest BCUT2D eigenvalue weighted by Crippen LogP contribution is -2.25. The molecular weight excluding hydrogens is 357 g/mol. The number of benzene rings is 1. The summed E-state index contributed by atoms with van der Waals surface area (Å²) in [6.45, 7) is 1.52. The monoisotopic (exact) mass is 362 g/mol. The summed E-state index contributed by atoms with van der Waals surface area (Å²) in [6, 6.07) is 1.80. The molecule has 1 aliphatic heterocycles. The smallest absolute Gasteiger partial charge is 0.395 e. The minimum atomic E-state index is -3.83. The van der Waals surface area contributed by atoms with Crippen LogP contribution >= 0.6 is 15.9 Å². The van der Waals surface area contributed by atoms with Crippen LogP contribution in [-0.2, 0) is 0 Å². The maximum absolute atomic E-state index is 14.0. The molecule has 3 rings (SSSR count). The average Bonchev–Trinajstić information content (AvgIpc) is 2.67. The van der Waals surface area contributed by atoms with Crippen LogP contribution in [0.5, 0.6) is 11.5 Å². The summed E-state index contributed by atoms with van der Waals surface area (Å²) >= 11 is 2.96. The normalized spacial score (nSPS) is 15.3. The van der Waals surface area contributed by atoms with Crippen LogP contribution in [0.4, 0.5) is 13.2 Å². The first-order valence-corrected chi connectivity index (χ1v) is 6.42. The number of fused-ring (bicyclic) bond motifs is 1. The molecule has 0 bridgehead atoms. The van der Waals surface area contributed by atoms with E-state index in [1.54, 1.807) is 0 Å². The molecule has 0 aliphatic carbocycles. The summed E-state index contributed by atoms with van der Waals surface area (Å²) in [4.78, 5) is 11.5. The van der Waals surface area contributed by atoms with Crippen molar-refractivity contribution in [2.45, 2.75) is 13.2 Å². The third-order valence-corrected chi connectivity index (χ3v) is 3.29. The van der Waals surface area contributed by atoms with E-state index < -0.39 is 17.9 Å². The molecule has 0 saturated carbocycles. The molecule has 21 heavy (non-hydrogen) atoms. The predicted octanol–water partition coefficient (Wildman–Crippen LogP) is 2.76. The number of rotatable bonds is 1. The second kappa shape index (κ2) is 4.48. The summed E-state index contributed by atoms with van der Waals surface area (Å²) in [5.74, 6) is -1.57. The molecule has 0 radical (unpaired) electrons. The predicted molar refractivity (Wildman–Crippen MR) is 68.4 cm³/mol. The van der Waals surface area contributed by atoms with Gasteiger partial charge in [0.05, 0.1) is 0 Å². The first kappa shape index (κ1) is 13.9. The summed E-state index contributed by atoms with van der Waals surface area (Å²) in [6.07, 6.45) is -2.55. The maximum Gasteiger partial charge on any atom is 0.586 e. The maximum atomic E-state index is 14.0. The second-order valence-corrected chi connectivity index (χ2v) is 5.05. The lowest BCUT2D eigenvalue weighted by atomic mass is 10.2. The van der Waals surface area contributed by atoms with E-state index in [1.165, 1.54) is 13.1 Å². The van der Waals surface area contributed by atoms with E-state index in [-0.39, 0.29) is 21.5 Å². The number of aromatic nitrogens is 2. The Morgan fingerprint density at radius 3 is 2.52 bits per heavy atom. The Morgan fingerprint density at radius 2 is 1.90 bits per heavy atom. The average molecular weight is 363 g/mol. The van der Waals surface area contributed by atoms with Gasteiger partial charge in [0.15, 0.2) is 21.9 Å². The number of nitrogens with zero attached hydrogens (tertiary/aromatic N) is 2. The van der Waals surface area contributed by atoms with Crippen LogP contribution in [0.3, 0.4) is 0 Å². The molecule has 1 aromatic heterocycles. The molecule has 0 fully saturated rings. The van der Waals surface area contributed by atoms with Gasteiger partial charge in [-0.1, -0.05) is 0 Å². The third-order valence-electron chi connectivity index (χ3n) is 2.77. The SMILES string of the molecule is Cc1cn(-c2cc3c(cc2F)OC(F)(F)O3)nc(Br)c1=O. The van der Waals surface area contributed by atoms with Gasteiger partial charge >= 0.3 is 6.29 Å². The first-order chi connectivity index (χ1) is 9.77. The van der Waals surface area contributed by atoms with Crippen molar-refractivity contribution in [2.24, 2.45) is 0 Å². The Bertz CT molecular complexity index is 781. The summed E-state index contributed by atoms with van der Waals surface area (Å²) in [7, 11) is 0. The molecule has 0 N–H and O–H groups in total. The largest absolute Gasteiger partial charge is 0.586 e. The quantitative estimate of drug-likeness (QED) is 0.782. The standard InChI is InChI=1S/C12H6BrF3N2O3/c1-5-4-18(17-11(13)10(5)19)7-3-9-8(2-6(7)14)20-12(15,16)21-9/h2-4H,1H3. The molecule has 0 amide bonds. The fourth-order valence-corrected chi connectivity index (χ4v) is 2.32. The molecule has 2 heterocycles. The number of aryl methyl sites for hydroxylation is 1. The zero-order valence-electron chi connectivity index (χ0n) is 10.4. The molecule has 9 heteroatoms. The molecule has 1 aromatic carbocycles. The van der Waals surface area contributed by atoms with Crippen LogP contribution in [0.15, 0.2) is 27.7 Å². The molecule has 5 nitrogen and oxygen atoms in total. The Morgan fingerprint density at radius 1 is 1.29 bits per heavy atom. The van der Waals surface area contributed by atoms with Crippen molar-refractivity contribution in [2.75, 3.05) is 0 Å². The molecule has 0 atom stereocenters. The van der Waals surface area contributed by atoms with Crippen LogP contribution in [0.1, 0.15) is 5.56 Å². The Labute approximate surface area is 124 Å². The van der Waals surface area contributed by atoms with E-state index in [0.29, 0.717) is 5.56 Å². The van der Waals surface area contributed by atoms with Gasteiger partial charge in [0.1, 0.15) is 5.69 Å². The van der Waals surface area contributed by atoms with E-state index in [1.807, 2.05) is 0 Å². The zero-order valence-corrected chi connectivity index (χ0v) is 11.9. The highest BCUT2D eigenvalue weighted by atomic mass is 79.9. The van der Waals surface area contributed by atoms with E-state index in [9.17, 15) is 18.0 Å². The highest BCUT2D eigenvalue weighted by molar-refractivity contribution is 9.10. The molecule has 2 aromatic rings. The topological polar surface area (TPSA) is 53.4 Å². The van der Waals surface area contributed by atoms with Gasteiger partial charge in [0.2, 0.25) is 5.43 Å². The zero-order chi connectivity index (χ0) is 15.4. The van der Waals surface area contributed by atoms with E-state index in [0.717, 1.165) is 16.8 Å². The van der Waals surface area contributed by atoms with Crippen LogP contribution in [0.25, 0.3) is 5.69 Å². The Hall–Kier alpha value is -2.03. The van der Waals surface area contributed by atoms with Gasteiger partial charge in [-0.25, -0.2) is 9.07 Å². The second-order valence-electron chi connectivity index (χ2n) is 4.29. The van der Waals surface area contributed by atoms with Crippen molar-refractivity contribution in [3.63, 3.8) is 0 Å². The van der Waals surface area contributed by atoms with Gasteiger partial charge in [0, 0.05) is 23.9 Å². The number of halogens is 4. The molecule has 110 valence electrons. The van der Waals surface area contributed by atoms with Crippen LogP contribution in [0.2, 0.25) is 0 Å². The van der Waals surface area contributed by atoms with E-state index in [2.05, 4.69) is 30.5 Å². The third kappa shape index (κ3) is 2.37. The van der Waals surface area contributed by atoms with Crippen molar-refractivity contribution in [1.29, 1.82) is 0 Å². The van der Waals surface area contributed by atoms with Crippen molar-refractivity contribution in [3.8, 4) is 17.2 Å². The van der Waals surface area contributed by atoms with E-state index in [4.69, 9.17) is 0 Å². The minimum Gasteiger partial charge on any atom is -0.395 e. The number of ether oxygens (including phenoxy) is 2. The van der Waals surface area contributed by atoms with E-state index >= 15 is 0 Å². The fourth-order valence-electron chi connectivity index (χ4n) is 1.83. The van der Waals surface area contributed by atoms with Gasteiger partial charge < -0.3 is 9.47 Å². The Kier molecular flexibility index (Phi) is 2.97. The molecule has 0 saturated heterocycles. The number of hydrogen-bond acceptors (Lipinski definition) is 4. The van der Waals surface area contributed by atoms with Gasteiger partial charge in [-0.15, -0.1) is 8.78 Å². The summed E-state index contributed by atoms with van der Waals surface area (Å²) in [5, 5.41) is 3.82.